The number of amides is 6. The summed E-state index contributed by atoms with van der Waals surface area (Å²) in [5.74, 6) is -3.92. The van der Waals surface area contributed by atoms with Crippen LogP contribution in [-0.2, 0) is 43.2 Å². The summed E-state index contributed by atoms with van der Waals surface area (Å²) in [4.78, 5) is 116. The maximum Gasteiger partial charge on any atom is 0.333 e. The molecule has 1 N–H and O–H groups in total. The standard InChI is InChI=1S/C38H62N6O9/c1-23(2)26(22-29(45)33(24(3)4)40(7)8)36(50)41(9)34(25(5)6)38(52)43-21-13-15-28(43)37(51)42-20-12-14-27(42)35(49)39-19-11-10-16-32(48)53-44-30(46)17-18-31(44)47/h23-28,33-34H,10-22H2,1-9H3,(H,39,49). The largest absolute Gasteiger partial charge is 0.354 e. The molecule has 3 saturated heterocycles. The van der Waals surface area contributed by atoms with Gasteiger partial charge in [-0.3, -0.25) is 38.5 Å². The molecular weight excluding hydrogens is 684 g/mol. The summed E-state index contributed by atoms with van der Waals surface area (Å²) in [7, 11) is 5.33. The molecule has 0 aromatic heterocycles. The number of carbonyl (C=O) groups is 8. The minimum atomic E-state index is -0.840. The van der Waals surface area contributed by atoms with Crippen molar-refractivity contribution in [2.75, 3.05) is 40.8 Å². The Morgan fingerprint density at radius 3 is 1.89 bits per heavy atom. The van der Waals surface area contributed by atoms with Crippen molar-refractivity contribution in [3.05, 3.63) is 0 Å². The number of hydrogen-bond donors (Lipinski definition) is 1. The molecule has 298 valence electrons. The van der Waals surface area contributed by atoms with Crippen molar-refractivity contribution >= 4 is 47.2 Å². The van der Waals surface area contributed by atoms with Crippen LogP contribution in [0.5, 0.6) is 0 Å². The van der Waals surface area contributed by atoms with Gasteiger partial charge in [0.2, 0.25) is 23.6 Å². The van der Waals surface area contributed by atoms with Gasteiger partial charge in [0.25, 0.3) is 11.8 Å². The van der Waals surface area contributed by atoms with Crippen molar-refractivity contribution in [3.8, 4) is 0 Å². The minimum absolute atomic E-state index is 0.0117. The zero-order valence-electron chi connectivity index (χ0n) is 33.2. The highest BCUT2D eigenvalue weighted by Crippen LogP contribution is 2.29. The number of nitrogens with one attached hydrogen (secondary N) is 1. The van der Waals surface area contributed by atoms with Crippen molar-refractivity contribution in [1.29, 1.82) is 0 Å². The lowest BCUT2D eigenvalue weighted by molar-refractivity contribution is -0.197. The van der Waals surface area contributed by atoms with Crippen LogP contribution in [0, 0.1) is 23.7 Å². The van der Waals surface area contributed by atoms with Crippen molar-refractivity contribution in [2.24, 2.45) is 23.7 Å². The zero-order chi connectivity index (χ0) is 39.7. The van der Waals surface area contributed by atoms with Crippen LogP contribution in [0.25, 0.3) is 0 Å². The second kappa shape index (κ2) is 19.4. The van der Waals surface area contributed by atoms with E-state index in [9.17, 15) is 38.4 Å². The molecule has 15 heteroatoms. The van der Waals surface area contributed by atoms with E-state index in [-0.39, 0.29) is 85.4 Å². The third-order valence-electron chi connectivity index (χ3n) is 10.7. The molecule has 0 aromatic rings. The van der Waals surface area contributed by atoms with Gasteiger partial charge in [-0.25, -0.2) is 4.79 Å². The van der Waals surface area contributed by atoms with Crippen LogP contribution in [0.15, 0.2) is 0 Å². The molecular formula is C38H62N6O9. The first-order valence-electron chi connectivity index (χ1n) is 19.3. The normalized spacial score (nSPS) is 20.8. The van der Waals surface area contributed by atoms with Gasteiger partial charge >= 0.3 is 5.97 Å². The number of nitrogens with zero attached hydrogens (tertiary/aromatic N) is 5. The Bertz CT molecular complexity index is 1360. The number of unbranched alkanes of at least 4 members (excludes halogenated alkanes) is 1. The fourth-order valence-electron chi connectivity index (χ4n) is 7.98. The highest BCUT2D eigenvalue weighted by molar-refractivity contribution is 6.01. The van der Waals surface area contributed by atoms with E-state index >= 15 is 0 Å². The Kier molecular flexibility index (Phi) is 16.0. The van der Waals surface area contributed by atoms with Crippen molar-refractivity contribution in [3.63, 3.8) is 0 Å². The highest BCUT2D eigenvalue weighted by atomic mass is 16.7. The van der Waals surface area contributed by atoms with Gasteiger partial charge < -0.3 is 24.9 Å². The van der Waals surface area contributed by atoms with Crippen LogP contribution >= 0.6 is 0 Å². The quantitative estimate of drug-likeness (QED) is 0.162. The number of rotatable bonds is 18. The van der Waals surface area contributed by atoms with E-state index < -0.39 is 41.8 Å². The van der Waals surface area contributed by atoms with Gasteiger partial charge in [-0.2, -0.15) is 0 Å². The number of ketones is 1. The first-order valence-corrected chi connectivity index (χ1v) is 19.3. The molecule has 3 aliphatic rings. The van der Waals surface area contributed by atoms with Crippen molar-refractivity contribution in [2.45, 2.75) is 130 Å². The zero-order valence-corrected chi connectivity index (χ0v) is 33.2. The number of Topliss-reactive ketones (excluding diaryl/α,β-unsaturated/α-hetero) is 1. The predicted octanol–water partition coefficient (Wildman–Crippen LogP) is 2.16. The second-order valence-electron chi connectivity index (χ2n) is 16.0. The molecule has 6 amide bonds. The Morgan fingerprint density at radius 2 is 1.34 bits per heavy atom. The predicted molar refractivity (Wildman–Crippen MR) is 195 cm³/mol. The number of imide groups is 1. The average molecular weight is 747 g/mol. The van der Waals surface area contributed by atoms with E-state index in [2.05, 4.69) is 5.32 Å². The Labute approximate surface area is 314 Å². The molecule has 3 fully saturated rings. The molecule has 0 spiro atoms. The van der Waals surface area contributed by atoms with Gasteiger partial charge in [0.1, 0.15) is 18.1 Å². The summed E-state index contributed by atoms with van der Waals surface area (Å²) < 4.78 is 0. The third kappa shape index (κ3) is 10.9. The first-order chi connectivity index (χ1) is 24.9. The molecule has 15 nitrogen and oxygen atoms in total. The minimum Gasteiger partial charge on any atom is -0.354 e. The van der Waals surface area contributed by atoms with Gasteiger partial charge in [-0.15, -0.1) is 5.06 Å². The fourth-order valence-corrected chi connectivity index (χ4v) is 7.98. The van der Waals surface area contributed by atoms with Crippen molar-refractivity contribution in [1.82, 2.24) is 30.0 Å². The van der Waals surface area contributed by atoms with Gasteiger partial charge in [-0.05, 0) is 70.4 Å². The lowest BCUT2D eigenvalue weighted by Gasteiger charge is -2.38. The SMILES string of the molecule is CC(C)C(CC(=O)C(C(C)C)N(C)C)C(=O)N(C)C(C(=O)N1CCCC1C(=O)N1CCCC1C(=O)NCCCCC(=O)ON1C(=O)CCC1=O)C(C)C. The molecule has 5 atom stereocenters. The van der Waals surface area contributed by atoms with E-state index in [0.717, 1.165) is 0 Å². The van der Waals surface area contributed by atoms with Gasteiger partial charge in [0, 0.05) is 58.3 Å². The molecule has 0 radical (unpaired) electrons. The number of hydrogen-bond acceptors (Lipinski definition) is 10. The van der Waals surface area contributed by atoms with Crippen LogP contribution < -0.4 is 5.32 Å². The van der Waals surface area contributed by atoms with E-state index in [1.54, 1.807) is 16.8 Å². The molecule has 0 saturated carbocycles. The maximum atomic E-state index is 14.3. The van der Waals surface area contributed by atoms with E-state index in [1.807, 2.05) is 60.5 Å². The third-order valence-corrected chi connectivity index (χ3v) is 10.7. The second-order valence-corrected chi connectivity index (χ2v) is 16.0. The van der Waals surface area contributed by atoms with Crippen LogP contribution in [0.3, 0.4) is 0 Å². The molecule has 3 aliphatic heterocycles. The summed E-state index contributed by atoms with van der Waals surface area (Å²) in [5, 5.41) is 3.36. The number of likely N-dealkylation sites (N-methyl/N-ethyl adjacent to an activating group) is 2. The highest BCUT2D eigenvalue weighted by Gasteiger charge is 2.46. The summed E-state index contributed by atoms with van der Waals surface area (Å²) in [5.41, 5.74) is 0. The summed E-state index contributed by atoms with van der Waals surface area (Å²) >= 11 is 0. The molecule has 3 heterocycles. The Morgan fingerprint density at radius 1 is 0.774 bits per heavy atom. The van der Waals surface area contributed by atoms with Crippen LogP contribution in [0.2, 0.25) is 0 Å². The lowest BCUT2D eigenvalue weighted by atomic mass is 9.84. The van der Waals surface area contributed by atoms with Crippen LogP contribution in [0.4, 0.5) is 0 Å². The maximum absolute atomic E-state index is 14.3. The molecule has 0 bridgehead atoms. The lowest BCUT2D eigenvalue weighted by Crippen LogP contribution is -2.58. The summed E-state index contributed by atoms with van der Waals surface area (Å²) in [6, 6.07) is -2.62. The van der Waals surface area contributed by atoms with Gasteiger partial charge in [-0.1, -0.05) is 41.5 Å². The smallest absolute Gasteiger partial charge is 0.333 e. The van der Waals surface area contributed by atoms with E-state index in [1.165, 1.54) is 4.90 Å². The molecule has 3 rings (SSSR count). The van der Waals surface area contributed by atoms with Crippen molar-refractivity contribution < 1.29 is 43.2 Å². The summed E-state index contributed by atoms with van der Waals surface area (Å²) in [6.45, 7) is 12.5. The number of hydroxylamine groups is 2. The number of likely N-dealkylation sites (tertiary alicyclic amines) is 2. The first kappa shape index (κ1) is 43.5. The monoisotopic (exact) mass is 746 g/mol. The fraction of sp³-hybridized carbons (Fsp3) is 0.789. The topological polar surface area (TPSA) is 174 Å². The van der Waals surface area contributed by atoms with Gasteiger partial charge in [0.15, 0.2) is 5.78 Å². The molecule has 5 unspecified atom stereocenters. The van der Waals surface area contributed by atoms with Gasteiger partial charge in [0.05, 0.1) is 6.04 Å². The Balaban J connectivity index is 1.61. The number of carbonyl (C=O) groups excluding carboxylic acids is 8. The van der Waals surface area contributed by atoms with Crippen LogP contribution in [-0.4, -0.2) is 137 Å². The van der Waals surface area contributed by atoms with E-state index in [0.29, 0.717) is 56.7 Å². The molecule has 53 heavy (non-hydrogen) atoms. The Hall–Kier alpha value is -3.88. The average Bonchev–Trinajstić information content (AvgIpc) is 3.84. The van der Waals surface area contributed by atoms with E-state index in [4.69, 9.17) is 4.84 Å². The summed E-state index contributed by atoms with van der Waals surface area (Å²) in [6.07, 6.45) is 3.06. The van der Waals surface area contributed by atoms with Crippen LogP contribution in [0.1, 0.15) is 106 Å². The molecule has 0 aliphatic carbocycles. The molecule has 0 aromatic carbocycles.